The highest BCUT2D eigenvalue weighted by atomic mass is 79.9. The fourth-order valence-corrected chi connectivity index (χ4v) is 5.68. The lowest BCUT2D eigenvalue weighted by atomic mass is 9.68. The molecule has 1 atom stereocenters. The lowest BCUT2D eigenvalue weighted by Crippen LogP contribution is -2.28. The van der Waals surface area contributed by atoms with E-state index in [0.717, 1.165) is 32.7 Å². The van der Waals surface area contributed by atoms with Crippen molar-refractivity contribution in [2.75, 3.05) is 0 Å². The summed E-state index contributed by atoms with van der Waals surface area (Å²) in [5, 5.41) is 0. The van der Waals surface area contributed by atoms with E-state index < -0.39 is 5.41 Å². The third-order valence-corrected chi connectivity index (χ3v) is 7.42. The number of ether oxygens (including phenoxy) is 1. The van der Waals surface area contributed by atoms with Crippen LogP contribution in [0.4, 0.5) is 4.39 Å². The van der Waals surface area contributed by atoms with E-state index in [0.29, 0.717) is 0 Å². The average molecular weight is 533 g/mol. The second kappa shape index (κ2) is 8.92. The average Bonchev–Trinajstić information content (AvgIpc) is 3.20. The van der Waals surface area contributed by atoms with Crippen LogP contribution in [-0.4, -0.2) is 0 Å². The summed E-state index contributed by atoms with van der Waals surface area (Å²) in [4.78, 5) is 0. The van der Waals surface area contributed by atoms with Crippen LogP contribution in [0.3, 0.4) is 0 Å². The molecular weight excluding hydrogens is 511 g/mol. The molecule has 0 N–H and O–H groups in total. The minimum atomic E-state index is -0.590. The molecule has 0 radical (unpaired) electrons. The number of benzene rings is 5. The Morgan fingerprint density at radius 3 is 1.92 bits per heavy atom. The van der Waals surface area contributed by atoms with Gasteiger partial charge in [-0.15, -0.1) is 0 Å². The van der Waals surface area contributed by atoms with Crippen molar-refractivity contribution in [2.45, 2.75) is 5.41 Å². The summed E-state index contributed by atoms with van der Waals surface area (Å²) < 4.78 is 21.2. The molecule has 0 heterocycles. The summed E-state index contributed by atoms with van der Waals surface area (Å²) in [6.45, 7) is 3.80. The van der Waals surface area contributed by atoms with E-state index in [9.17, 15) is 4.39 Å². The van der Waals surface area contributed by atoms with Gasteiger partial charge in [0.25, 0.3) is 0 Å². The second-order valence-corrected chi connectivity index (χ2v) is 9.81. The quantitative estimate of drug-likeness (QED) is 0.215. The van der Waals surface area contributed by atoms with Crippen molar-refractivity contribution in [1.82, 2.24) is 0 Å². The first-order valence-corrected chi connectivity index (χ1v) is 12.6. The first-order valence-electron chi connectivity index (χ1n) is 11.8. The van der Waals surface area contributed by atoms with Crippen molar-refractivity contribution in [2.24, 2.45) is 0 Å². The van der Waals surface area contributed by atoms with Crippen LogP contribution in [0.2, 0.25) is 0 Å². The van der Waals surface area contributed by atoms with Crippen molar-refractivity contribution >= 4 is 22.0 Å². The van der Waals surface area contributed by atoms with Crippen molar-refractivity contribution in [1.29, 1.82) is 0 Å². The van der Waals surface area contributed by atoms with Crippen LogP contribution in [0.5, 0.6) is 11.5 Å². The van der Waals surface area contributed by atoms with Gasteiger partial charge >= 0.3 is 0 Å². The number of rotatable bonds is 5. The van der Waals surface area contributed by atoms with Gasteiger partial charge in [0.15, 0.2) is 0 Å². The molecule has 1 nitrogen and oxygen atoms in total. The van der Waals surface area contributed by atoms with Crippen LogP contribution in [0.15, 0.2) is 126 Å². The highest BCUT2D eigenvalue weighted by Crippen LogP contribution is 2.56. The molecule has 1 aliphatic rings. The predicted octanol–water partition coefficient (Wildman–Crippen LogP) is 9.39. The molecule has 0 saturated carbocycles. The smallest absolute Gasteiger partial charge is 0.127 e. The minimum absolute atomic E-state index is 0.249. The lowest BCUT2D eigenvalue weighted by Gasteiger charge is -2.34. The van der Waals surface area contributed by atoms with Crippen molar-refractivity contribution in [3.05, 3.63) is 160 Å². The Labute approximate surface area is 218 Å². The van der Waals surface area contributed by atoms with Gasteiger partial charge in [-0.2, -0.15) is 0 Å². The number of hydrogen-bond acceptors (Lipinski definition) is 1. The molecule has 0 amide bonds. The zero-order chi connectivity index (χ0) is 24.7. The molecule has 0 aromatic heterocycles. The van der Waals surface area contributed by atoms with Crippen LogP contribution >= 0.6 is 15.9 Å². The molecule has 174 valence electrons. The molecule has 0 aliphatic heterocycles. The fraction of sp³-hybridized carbons (Fsp3) is 0.0303. The van der Waals surface area contributed by atoms with Gasteiger partial charge < -0.3 is 4.74 Å². The fourth-order valence-electron chi connectivity index (χ4n) is 5.32. The predicted molar refractivity (Wildman–Crippen MR) is 148 cm³/mol. The number of fused-ring (bicyclic) bond motifs is 3. The maximum absolute atomic E-state index is 14.0. The SMILES string of the molecule is C=Cc1ccc(Oc2ccc(C3(c4ccc(F)cc4)c4ccccc4-c4ccc(Br)cc43)cc2)cc1. The molecule has 0 bridgehead atoms. The Morgan fingerprint density at radius 1 is 0.667 bits per heavy atom. The maximum atomic E-state index is 14.0. The molecule has 1 unspecified atom stereocenters. The Balaban J connectivity index is 1.53. The molecule has 0 saturated heterocycles. The molecule has 0 spiro atoms. The molecule has 5 aromatic carbocycles. The Kier molecular flexibility index (Phi) is 5.58. The van der Waals surface area contributed by atoms with Crippen LogP contribution in [-0.2, 0) is 5.41 Å². The molecule has 36 heavy (non-hydrogen) atoms. The second-order valence-electron chi connectivity index (χ2n) is 8.89. The molecular formula is C33H22BrFO. The van der Waals surface area contributed by atoms with E-state index in [1.807, 2.05) is 54.6 Å². The van der Waals surface area contributed by atoms with Gasteiger partial charge in [0, 0.05) is 4.47 Å². The lowest BCUT2D eigenvalue weighted by molar-refractivity contribution is 0.482. The first-order chi connectivity index (χ1) is 17.6. The first kappa shape index (κ1) is 22.5. The minimum Gasteiger partial charge on any atom is -0.457 e. The van der Waals surface area contributed by atoms with Crippen LogP contribution in [0.25, 0.3) is 17.2 Å². The normalized spacial score (nSPS) is 15.7. The van der Waals surface area contributed by atoms with E-state index in [1.165, 1.54) is 22.3 Å². The van der Waals surface area contributed by atoms with Gasteiger partial charge in [0.05, 0.1) is 5.41 Å². The summed E-state index contributed by atoms with van der Waals surface area (Å²) in [6, 6.07) is 37.8. The summed E-state index contributed by atoms with van der Waals surface area (Å²) in [7, 11) is 0. The Hall–Kier alpha value is -3.95. The van der Waals surface area contributed by atoms with Crippen molar-refractivity contribution in [3.8, 4) is 22.6 Å². The molecule has 3 heteroatoms. The zero-order valence-electron chi connectivity index (χ0n) is 19.4. The topological polar surface area (TPSA) is 9.23 Å². The Bertz CT molecular complexity index is 1570. The summed E-state index contributed by atoms with van der Waals surface area (Å²) in [5.41, 5.74) is 7.27. The van der Waals surface area contributed by atoms with Gasteiger partial charge in [-0.1, -0.05) is 95.3 Å². The number of hydrogen-bond donors (Lipinski definition) is 0. The van der Waals surface area contributed by atoms with Crippen molar-refractivity contribution in [3.63, 3.8) is 0 Å². The summed E-state index contributed by atoms with van der Waals surface area (Å²) in [5.74, 6) is 1.27. The highest BCUT2D eigenvalue weighted by Gasteiger charge is 2.46. The van der Waals surface area contributed by atoms with E-state index in [1.54, 1.807) is 12.1 Å². The molecule has 0 fully saturated rings. The highest BCUT2D eigenvalue weighted by molar-refractivity contribution is 9.10. The van der Waals surface area contributed by atoms with E-state index in [2.05, 4.69) is 77.1 Å². The third-order valence-electron chi connectivity index (χ3n) is 6.92. The summed E-state index contributed by atoms with van der Waals surface area (Å²) in [6.07, 6.45) is 1.81. The monoisotopic (exact) mass is 532 g/mol. The van der Waals surface area contributed by atoms with Gasteiger partial charge in [-0.3, -0.25) is 0 Å². The Morgan fingerprint density at radius 2 is 1.25 bits per heavy atom. The van der Waals surface area contributed by atoms with Gasteiger partial charge in [-0.25, -0.2) is 4.39 Å². The van der Waals surface area contributed by atoms with E-state index in [4.69, 9.17) is 4.74 Å². The van der Waals surface area contributed by atoms with Crippen LogP contribution < -0.4 is 4.74 Å². The molecule has 1 aliphatic carbocycles. The molecule has 5 aromatic rings. The molecule has 6 rings (SSSR count). The third kappa shape index (κ3) is 3.59. The largest absolute Gasteiger partial charge is 0.457 e. The van der Waals surface area contributed by atoms with Gasteiger partial charge in [-0.05, 0) is 87.5 Å². The van der Waals surface area contributed by atoms with E-state index >= 15 is 0 Å². The van der Waals surface area contributed by atoms with Crippen LogP contribution in [0, 0.1) is 5.82 Å². The van der Waals surface area contributed by atoms with E-state index in [-0.39, 0.29) is 5.82 Å². The van der Waals surface area contributed by atoms with Crippen LogP contribution in [0.1, 0.15) is 27.8 Å². The van der Waals surface area contributed by atoms with Gasteiger partial charge in [0.1, 0.15) is 17.3 Å². The van der Waals surface area contributed by atoms with Gasteiger partial charge in [0.2, 0.25) is 0 Å². The maximum Gasteiger partial charge on any atom is 0.127 e. The van der Waals surface area contributed by atoms with Crippen molar-refractivity contribution < 1.29 is 9.13 Å². The summed E-state index contributed by atoms with van der Waals surface area (Å²) >= 11 is 3.69. The standard InChI is InChI=1S/C33H22BrFO/c1-2-22-7-16-27(17-8-22)36-28-18-11-24(12-19-28)33(23-9-14-26(35)15-10-23)31-6-4-3-5-29(31)30-20-13-25(34)21-32(30)33/h2-21H,1H2. The zero-order valence-corrected chi connectivity index (χ0v) is 21.0. The number of halogens is 2.